The van der Waals surface area contributed by atoms with E-state index in [1.807, 2.05) is 13.8 Å². The van der Waals surface area contributed by atoms with E-state index in [1.54, 1.807) is 23.9 Å². The number of carbonyl (C=O) groups excluding carboxylic acids is 2. The number of nitrogens with zero attached hydrogens (tertiary/aromatic N) is 2. The lowest BCUT2D eigenvalue weighted by molar-refractivity contribution is -0.137. The van der Waals surface area contributed by atoms with Crippen LogP contribution in [0.15, 0.2) is 12.3 Å². The summed E-state index contributed by atoms with van der Waals surface area (Å²) in [6, 6.07) is 1.43. The lowest BCUT2D eigenvalue weighted by Gasteiger charge is -2.26. The fourth-order valence-corrected chi connectivity index (χ4v) is 1.93. The molecule has 0 radical (unpaired) electrons. The van der Waals surface area contributed by atoms with Crippen molar-refractivity contribution < 1.29 is 19.5 Å². The van der Waals surface area contributed by atoms with E-state index < -0.39 is 5.97 Å². The van der Waals surface area contributed by atoms with Gasteiger partial charge in [-0.2, -0.15) is 0 Å². The summed E-state index contributed by atoms with van der Waals surface area (Å²) in [7, 11) is 1.69. The molecule has 1 rings (SSSR count). The number of rotatable bonds is 6. The van der Waals surface area contributed by atoms with Crippen LogP contribution < -0.4 is 0 Å². The zero-order valence-corrected chi connectivity index (χ0v) is 12.2. The number of carbonyl (C=O) groups is 3. The highest BCUT2D eigenvalue weighted by molar-refractivity contribution is 5.99. The number of hydrogen-bond donors (Lipinski definition) is 1. The maximum Gasteiger partial charge on any atom is 0.305 e. The predicted octanol–water partition coefficient (Wildman–Crippen LogP) is 1.55. The molecule has 0 aliphatic carbocycles. The third-order valence-corrected chi connectivity index (χ3v) is 3.08. The van der Waals surface area contributed by atoms with Crippen molar-refractivity contribution in [2.45, 2.75) is 33.2 Å². The number of hydrogen-bond acceptors (Lipinski definition) is 3. The summed E-state index contributed by atoms with van der Waals surface area (Å²) in [5, 5.41) is 8.74. The van der Waals surface area contributed by atoms with Crippen molar-refractivity contribution in [3.05, 3.63) is 23.5 Å². The van der Waals surface area contributed by atoms with Crippen molar-refractivity contribution in [3.8, 4) is 0 Å². The van der Waals surface area contributed by atoms with Gasteiger partial charge in [-0.15, -0.1) is 0 Å². The number of carboxylic acids is 1. The van der Waals surface area contributed by atoms with E-state index in [-0.39, 0.29) is 30.7 Å². The third kappa shape index (κ3) is 3.69. The fourth-order valence-electron chi connectivity index (χ4n) is 1.93. The Morgan fingerprint density at radius 3 is 2.35 bits per heavy atom. The SMILES string of the molecule is CC(=O)c1cc(C(=O)N(CCC(=O)O)C(C)C)n(C)c1. The largest absolute Gasteiger partial charge is 0.481 e. The Morgan fingerprint density at radius 1 is 1.35 bits per heavy atom. The summed E-state index contributed by atoms with van der Waals surface area (Å²) >= 11 is 0. The van der Waals surface area contributed by atoms with Gasteiger partial charge in [-0.3, -0.25) is 14.4 Å². The molecule has 110 valence electrons. The second kappa shape index (κ2) is 6.36. The summed E-state index contributed by atoms with van der Waals surface area (Å²) in [5.41, 5.74) is 0.854. The van der Waals surface area contributed by atoms with Gasteiger partial charge in [-0.05, 0) is 26.8 Å². The minimum absolute atomic E-state index is 0.103. The first-order chi connectivity index (χ1) is 9.23. The lowest BCUT2D eigenvalue weighted by atomic mass is 10.2. The van der Waals surface area contributed by atoms with Crippen molar-refractivity contribution in [1.82, 2.24) is 9.47 Å². The van der Waals surface area contributed by atoms with Gasteiger partial charge in [-0.1, -0.05) is 0 Å². The minimum atomic E-state index is -0.945. The molecule has 0 aliphatic rings. The zero-order chi connectivity index (χ0) is 15.4. The maximum atomic E-state index is 12.5. The molecule has 0 unspecified atom stereocenters. The molecular formula is C14H20N2O4. The van der Waals surface area contributed by atoms with Crippen LogP contribution in [0.25, 0.3) is 0 Å². The van der Waals surface area contributed by atoms with Crippen LogP contribution in [-0.2, 0) is 11.8 Å². The molecule has 0 atom stereocenters. The van der Waals surface area contributed by atoms with Crippen LogP contribution in [-0.4, -0.2) is 44.8 Å². The third-order valence-electron chi connectivity index (χ3n) is 3.08. The monoisotopic (exact) mass is 280 g/mol. The summed E-state index contributed by atoms with van der Waals surface area (Å²) < 4.78 is 1.59. The lowest BCUT2D eigenvalue weighted by Crippen LogP contribution is -2.39. The Labute approximate surface area is 118 Å². The average Bonchev–Trinajstić information content (AvgIpc) is 2.70. The normalized spacial score (nSPS) is 10.7. The highest BCUT2D eigenvalue weighted by atomic mass is 16.4. The average molecular weight is 280 g/mol. The molecule has 0 bridgehead atoms. The number of aliphatic carboxylic acids is 1. The number of ketones is 1. The van der Waals surface area contributed by atoms with Crippen LogP contribution >= 0.6 is 0 Å². The summed E-state index contributed by atoms with van der Waals surface area (Å²) in [6.45, 7) is 5.24. The number of aryl methyl sites for hydroxylation is 1. The van der Waals surface area contributed by atoms with Gasteiger partial charge in [0.15, 0.2) is 5.78 Å². The first kappa shape index (κ1) is 15.9. The highest BCUT2D eigenvalue weighted by Crippen LogP contribution is 2.13. The topological polar surface area (TPSA) is 79.6 Å². The van der Waals surface area contributed by atoms with Gasteiger partial charge in [0.1, 0.15) is 5.69 Å². The van der Waals surface area contributed by atoms with Gasteiger partial charge in [0.05, 0.1) is 6.42 Å². The second-order valence-electron chi connectivity index (χ2n) is 5.02. The van der Waals surface area contributed by atoms with Gasteiger partial charge in [0.25, 0.3) is 5.91 Å². The van der Waals surface area contributed by atoms with Crippen LogP contribution in [0.2, 0.25) is 0 Å². The van der Waals surface area contributed by atoms with Crippen molar-refractivity contribution in [3.63, 3.8) is 0 Å². The van der Waals surface area contributed by atoms with Gasteiger partial charge >= 0.3 is 5.97 Å². The van der Waals surface area contributed by atoms with Crippen molar-refractivity contribution in [2.75, 3.05) is 6.54 Å². The summed E-state index contributed by atoms with van der Waals surface area (Å²) in [4.78, 5) is 35.9. The van der Waals surface area contributed by atoms with Crippen molar-refractivity contribution >= 4 is 17.7 Å². The van der Waals surface area contributed by atoms with Crippen LogP contribution in [0.1, 0.15) is 48.0 Å². The number of carboxylic acid groups (broad SMARTS) is 1. The van der Waals surface area contributed by atoms with Crippen LogP contribution in [0.4, 0.5) is 0 Å². The van der Waals surface area contributed by atoms with Crippen molar-refractivity contribution in [1.29, 1.82) is 0 Å². The van der Waals surface area contributed by atoms with Crippen molar-refractivity contribution in [2.24, 2.45) is 7.05 Å². The molecule has 20 heavy (non-hydrogen) atoms. The number of amides is 1. The molecule has 0 aliphatic heterocycles. The first-order valence-corrected chi connectivity index (χ1v) is 6.44. The van der Waals surface area contributed by atoms with Gasteiger partial charge in [0.2, 0.25) is 0 Å². The Morgan fingerprint density at radius 2 is 1.95 bits per heavy atom. The maximum absolute atomic E-state index is 12.5. The summed E-state index contributed by atoms with van der Waals surface area (Å²) in [6.07, 6.45) is 1.50. The molecular weight excluding hydrogens is 260 g/mol. The van der Waals surface area contributed by atoms with E-state index in [4.69, 9.17) is 5.11 Å². The molecule has 1 aromatic rings. The Kier molecular flexibility index (Phi) is 5.07. The number of Topliss-reactive ketones (excluding diaryl/α,β-unsaturated/α-hetero) is 1. The van der Waals surface area contributed by atoms with Gasteiger partial charge < -0.3 is 14.6 Å². The van der Waals surface area contributed by atoms with Crippen LogP contribution in [0.5, 0.6) is 0 Å². The second-order valence-corrected chi connectivity index (χ2v) is 5.02. The van der Waals surface area contributed by atoms with Crippen LogP contribution in [0, 0.1) is 0 Å². The fraction of sp³-hybridized carbons (Fsp3) is 0.500. The first-order valence-electron chi connectivity index (χ1n) is 6.44. The van der Waals surface area contributed by atoms with Crippen LogP contribution in [0.3, 0.4) is 0 Å². The molecule has 0 saturated heterocycles. The molecule has 1 N–H and O–H groups in total. The van der Waals surface area contributed by atoms with E-state index in [0.29, 0.717) is 11.3 Å². The van der Waals surface area contributed by atoms with E-state index in [2.05, 4.69) is 0 Å². The molecule has 1 amide bonds. The van der Waals surface area contributed by atoms with Gasteiger partial charge in [0, 0.05) is 31.4 Å². The quantitative estimate of drug-likeness (QED) is 0.802. The van der Waals surface area contributed by atoms with E-state index >= 15 is 0 Å². The zero-order valence-electron chi connectivity index (χ0n) is 12.2. The minimum Gasteiger partial charge on any atom is -0.481 e. The van der Waals surface area contributed by atoms with E-state index in [9.17, 15) is 14.4 Å². The Bertz CT molecular complexity index is 531. The molecule has 0 fully saturated rings. The molecule has 0 saturated carbocycles. The standard InChI is InChI=1S/C14H20N2O4/c1-9(2)16(6-5-13(18)19)14(20)12-7-11(10(3)17)8-15(12)4/h7-9H,5-6H2,1-4H3,(H,18,19). The Hall–Kier alpha value is -2.11. The molecule has 0 spiro atoms. The predicted molar refractivity (Wildman–Crippen MR) is 73.8 cm³/mol. The highest BCUT2D eigenvalue weighted by Gasteiger charge is 2.22. The van der Waals surface area contributed by atoms with E-state index in [1.165, 1.54) is 11.8 Å². The Balaban J connectivity index is 3.00. The summed E-state index contributed by atoms with van der Waals surface area (Å²) in [5.74, 6) is -1.32. The smallest absolute Gasteiger partial charge is 0.305 e. The number of aromatic nitrogens is 1. The molecule has 1 heterocycles. The molecule has 6 heteroatoms. The molecule has 0 aromatic carbocycles. The molecule has 6 nitrogen and oxygen atoms in total. The molecule has 1 aromatic heterocycles. The van der Waals surface area contributed by atoms with Gasteiger partial charge in [-0.25, -0.2) is 0 Å². The van der Waals surface area contributed by atoms with E-state index in [0.717, 1.165) is 0 Å².